The highest BCUT2D eigenvalue weighted by Crippen LogP contribution is 2.25. The van der Waals surface area contributed by atoms with E-state index in [2.05, 4.69) is 10.3 Å². The van der Waals surface area contributed by atoms with Gasteiger partial charge in [0.15, 0.2) is 0 Å². The van der Waals surface area contributed by atoms with Gasteiger partial charge in [0.2, 0.25) is 0 Å². The molecular formula is C10H14F3N3. The highest BCUT2D eigenvalue weighted by atomic mass is 19.4. The second-order valence-corrected chi connectivity index (χ2v) is 4.07. The van der Waals surface area contributed by atoms with Crippen molar-refractivity contribution in [2.24, 2.45) is 0 Å². The molecule has 1 saturated heterocycles. The van der Waals surface area contributed by atoms with Crippen molar-refractivity contribution in [2.45, 2.75) is 31.5 Å². The average molecular weight is 233 g/mol. The first-order valence-corrected chi connectivity index (χ1v) is 5.34. The zero-order valence-corrected chi connectivity index (χ0v) is 8.80. The van der Waals surface area contributed by atoms with Gasteiger partial charge in [-0.25, -0.2) is 4.98 Å². The van der Waals surface area contributed by atoms with Gasteiger partial charge < -0.3 is 9.88 Å². The molecule has 6 heteroatoms. The Morgan fingerprint density at radius 3 is 2.94 bits per heavy atom. The fraction of sp³-hybridized carbons (Fsp3) is 0.700. The van der Waals surface area contributed by atoms with Crippen molar-refractivity contribution in [1.29, 1.82) is 0 Å². The fourth-order valence-corrected chi connectivity index (χ4v) is 2.01. The van der Waals surface area contributed by atoms with Crippen molar-refractivity contribution in [3.63, 3.8) is 0 Å². The third-order valence-corrected chi connectivity index (χ3v) is 2.86. The second kappa shape index (κ2) is 4.45. The third kappa shape index (κ3) is 2.75. The normalized spacial score (nSPS) is 21.6. The topological polar surface area (TPSA) is 29.9 Å². The van der Waals surface area contributed by atoms with Crippen LogP contribution in [0.25, 0.3) is 0 Å². The molecule has 0 spiro atoms. The maximum Gasteiger partial charge on any atom is 0.390 e. The SMILES string of the molecule is FC(F)(F)CCn1cncc1C1CCNC1. The molecule has 3 nitrogen and oxygen atoms in total. The van der Waals surface area contributed by atoms with E-state index in [1.807, 2.05) is 0 Å². The number of aromatic nitrogens is 2. The Morgan fingerprint density at radius 1 is 1.50 bits per heavy atom. The van der Waals surface area contributed by atoms with Crippen molar-refractivity contribution < 1.29 is 13.2 Å². The predicted molar refractivity (Wildman–Crippen MR) is 53.1 cm³/mol. The first-order chi connectivity index (χ1) is 7.56. The molecule has 1 aromatic heterocycles. The van der Waals surface area contributed by atoms with E-state index in [1.54, 1.807) is 10.8 Å². The molecule has 1 atom stereocenters. The Balaban J connectivity index is 2.01. The molecule has 1 N–H and O–H groups in total. The van der Waals surface area contributed by atoms with Crippen LogP contribution in [0.4, 0.5) is 13.2 Å². The summed E-state index contributed by atoms with van der Waals surface area (Å²) >= 11 is 0. The van der Waals surface area contributed by atoms with E-state index in [-0.39, 0.29) is 6.54 Å². The van der Waals surface area contributed by atoms with E-state index < -0.39 is 12.6 Å². The first-order valence-electron chi connectivity index (χ1n) is 5.34. The molecule has 1 unspecified atom stereocenters. The van der Waals surface area contributed by atoms with Gasteiger partial charge in [-0.2, -0.15) is 13.2 Å². The van der Waals surface area contributed by atoms with Crippen LogP contribution in [0.5, 0.6) is 0 Å². The first kappa shape index (κ1) is 11.4. The zero-order valence-electron chi connectivity index (χ0n) is 8.80. The van der Waals surface area contributed by atoms with Gasteiger partial charge >= 0.3 is 6.18 Å². The molecule has 1 aromatic rings. The molecule has 16 heavy (non-hydrogen) atoms. The van der Waals surface area contributed by atoms with Crippen molar-refractivity contribution >= 4 is 0 Å². The molecule has 1 fully saturated rings. The minimum Gasteiger partial charge on any atom is -0.334 e. The Morgan fingerprint density at radius 2 is 2.31 bits per heavy atom. The van der Waals surface area contributed by atoms with E-state index in [4.69, 9.17) is 0 Å². The molecule has 0 bridgehead atoms. The highest BCUT2D eigenvalue weighted by Gasteiger charge is 2.28. The number of aryl methyl sites for hydroxylation is 1. The van der Waals surface area contributed by atoms with Crippen LogP contribution in [0.2, 0.25) is 0 Å². The fourth-order valence-electron chi connectivity index (χ4n) is 2.01. The molecule has 0 amide bonds. The van der Waals surface area contributed by atoms with Crippen molar-refractivity contribution in [1.82, 2.24) is 14.9 Å². The number of imidazole rings is 1. The molecule has 0 aromatic carbocycles. The smallest absolute Gasteiger partial charge is 0.334 e. The minimum absolute atomic E-state index is 0.0324. The lowest BCUT2D eigenvalue weighted by molar-refractivity contribution is -0.136. The summed E-state index contributed by atoms with van der Waals surface area (Å²) < 4.78 is 37.9. The Bertz CT molecular complexity index is 339. The zero-order chi connectivity index (χ0) is 11.6. The highest BCUT2D eigenvalue weighted by molar-refractivity contribution is 5.09. The number of nitrogens with zero attached hydrogens (tertiary/aromatic N) is 2. The third-order valence-electron chi connectivity index (χ3n) is 2.86. The number of rotatable bonds is 3. The molecule has 1 aliphatic heterocycles. The summed E-state index contributed by atoms with van der Waals surface area (Å²) in [5, 5.41) is 3.20. The van der Waals surface area contributed by atoms with E-state index in [9.17, 15) is 13.2 Å². The maximum absolute atomic E-state index is 12.1. The summed E-state index contributed by atoms with van der Waals surface area (Å²) in [5.74, 6) is 0.302. The molecule has 0 aliphatic carbocycles. The van der Waals surface area contributed by atoms with Gasteiger partial charge in [-0.15, -0.1) is 0 Å². The Hall–Kier alpha value is -1.04. The molecule has 90 valence electrons. The van der Waals surface area contributed by atoms with Crippen LogP contribution < -0.4 is 5.32 Å². The maximum atomic E-state index is 12.1. The van der Waals surface area contributed by atoms with E-state index in [1.165, 1.54) is 6.33 Å². The Labute approximate surface area is 91.7 Å². The monoisotopic (exact) mass is 233 g/mol. The summed E-state index contributed by atoms with van der Waals surface area (Å²) in [6.07, 6.45) is -0.767. The van der Waals surface area contributed by atoms with Gasteiger partial charge in [0.25, 0.3) is 0 Å². The van der Waals surface area contributed by atoms with Crippen LogP contribution in [0.1, 0.15) is 24.5 Å². The van der Waals surface area contributed by atoms with Crippen molar-refractivity contribution in [3.05, 3.63) is 18.2 Å². The minimum atomic E-state index is -4.10. The summed E-state index contributed by atoms with van der Waals surface area (Å²) in [6.45, 7) is 1.72. The molecular weight excluding hydrogens is 219 g/mol. The van der Waals surface area contributed by atoms with Crippen LogP contribution in [-0.2, 0) is 6.54 Å². The van der Waals surface area contributed by atoms with Crippen molar-refractivity contribution in [2.75, 3.05) is 13.1 Å². The predicted octanol–water partition coefficient (Wildman–Crippen LogP) is 1.91. The van der Waals surface area contributed by atoms with Crippen LogP contribution in [0, 0.1) is 0 Å². The van der Waals surface area contributed by atoms with Crippen LogP contribution in [0.15, 0.2) is 12.5 Å². The molecule has 0 saturated carbocycles. The average Bonchev–Trinajstić information content (AvgIpc) is 2.84. The van der Waals surface area contributed by atoms with Crippen LogP contribution in [0.3, 0.4) is 0 Å². The number of hydrogen-bond donors (Lipinski definition) is 1. The van der Waals surface area contributed by atoms with Gasteiger partial charge in [0, 0.05) is 30.9 Å². The van der Waals surface area contributed by atoms with E-state index in [0.29, 0.717) is 5.92 Å². The van der Waals surface area contributed by atoms with Crippen molar-refractivity contribution in [3.8, 4) is 0 Å². The Kier molecular flexibility index (Phi) is 3.18. The summed E-state index contributed by atoms with van der Waals surface area (Å²) in [7, 11) is 0. The molecule has 2 rings (SSSR count). The van der Waals surface area contributed by atoms with Crippen LogP contribution >= 0.6 is 0 Å². The standard InChI is InChI=1S/C10H14F3N3/c11-10(12,13)2-4-16-7-15-6-9(16)8-1-3-14-5-8/h6-8,14H,1-5H2. The second-order valence-electron chi connectivity index (χ2n) is 4.07. The lowest BCUT2D eigenvalue weighted by atomic mass is 10.1. The van der Waals surface area contributed by atoms with Gasteiger partial charge in [0.05, 0.1) is 12.7 Å². The number of hydrogen-bond acceptors (Lipinski definition) is 2. The number of alkyl halides is 3. The van der Waals surface area contributed by atoms with Crippen LogP contribution in [-0.4, -0.2) is 28.8 Å². The number of nitrogens with one attached hydrogen (secondary N) is 1. The molecule has 1 aliphatic rings. The van der Waals surface area contributed by atoms with Gasteiger partial charge in [-0.1, -0.05) is 0 Å². The summed E-state index contributed by atoms with van der Waals surface area (Å²) in [4.78, 5) is 3.94. The molecule has 0 radical (unpaired) electrons. The summed E-state index contributed by atoms with van der Waals surface area (Å²) in [6, 6.07) is 0. The quantitative estimate of drug-likeness (QED) is 0.864. The summed E-state index contributed by atoms with van der Waals surface area (Å²) in [5.41, 5.74) is 0.911. The lowest BCUT2D eigenvalue weighted by Crippen LogP contribution is -2.15. The van der Waals surface area contributed by atoms with E-state index in [0.717, 1.165) is 25.2 Å². The van der Waals surface area contributed by atoms with E-state index >= 15 is 0 Å². The largest absolute Gasteiger partial charge is 0.390 e. The van der Waals surface area contributed by atoms with Gasteiger partial charge in [-0.3, -0.25) is 0 Å². The number of halogens is 3. The molecule has 2 heterocycles. The van der Waals surface area contributed by atoms with Gasteiger partial charge in [0.1, 0.15) is 0 Å². The van der Waals surface area contributed by atoms with Gasteiger partial charge in [-0.05, 0) is 13.0 Å². The lowest BCUT2D eigenvalue weighted by Gasteiger charge is -2.13.